The van der Waals surface area contributed by atoms with Crippen molar-refractivity contribution in [1.82, 2.24) is 31.9 Å². The van der Waals surface area contributed by atoms with Crippen LogP contribution in [0.1, 0.15) is 87.0 Å². The lowest BCUT2D eigenvalue weighted by atomic mass is 9.96. The first-order valence-electron chi connectivity index (χ1n) is 18.2. The molecule has 0 bridgehead atoms. The third kappa shape index (κ3) is 20.3. The number of guanidine groups is 1. The fraction of sp³-hybridized carbons (Fsp3) is 0.735. The molecule has 6 amide bonds. The number of carbonyl (C=O) groups excluding carboxylic acids is 6. The Labute approximate surface area is 321 Å². The average molecular weight is 787 g/mol. The van der Waals surface area contributed by atoms with Crippen LogP contribution in [0, 0.1) is 17.8 Å². The lowest BCUT2D eigenvalue weighted by Crippen LogP contribution is -2.60. The van der Waals surface area contributed by atoms with E-state index in [0.717, 1.165) is 0 Å². The SMILES string of the molecule is CC[C@H](C)[C@H](NC(=O)[C@H](CCCN=C(N)N)NC(=O)[C@H](CC(=O)O)NC(=O)CNC(=O)[C@@H](N)[C@@H](C)O)C(=O)N[C@@H](CC(C)C)C(=O)N[C@@H](CC(C)C)C(=O)O. The Morgan fingerprint density at radius 2 is 1.18 bits per heavy atom. The number of amides is 6. The third-order valence-electron chi connectivity index (χ3n) is 8.31. The first kappa shape index (κ1) is 49.9. The van der Waals surface area contributed by atoms with Crippen LogP contribution < -0.4 is 49.1 Å². The van der Waals surface area contributed by atoms with E-state index in [4.69, 9.17) is 17.2 Å². The summed E-state index contributed by atoms with van der Waals surface area (Å²) < 4.78 is 0. The second-order valence-electron chi connectivity index (χ2n) is 14.3. The first-order chi connectivity index (χ1) is 25.5. The van der Waals surface area contributed by atoms with Gasteiger partial charge >= 0.3 is 11.9 Å². The molecule has 0 rings (SSSR count). The first-order valence-corrected chi connectivity index (χ1v) is 18.2. The summed E-state index contributed by atoms with van der Waals surface area (Å²) in [4.78, 5) is 106. The number of hydrogen-bond acceptors (Lipinski definition) is 11. The molecule has 21 heteroatoms. The second-order valence-corrected chi connectivity index (χ2v) is 14.3. The zero-order valence-electron chi connectivity index (χ0n) is 32.7. The molecule has 0 aromatic carbocycles. The summed E-state index contributed by atoms with van der Waals surface area (Å²) in [5.41, 5.74) is 16.3. The topological polar surface area (TPSA) is 360 Å². The molecule has 0 spiro atoms. The minimum Gasteiger partial charge on any atom is -0.481 e. The van der Waals surface area contributed by atoms with Crippen molar-refractivity contribution in [2.75, 3.05) is 13.1 Å². The molecule has 0 aromatic rings. The van der Waals surface area contributed by atoms with Crippen LogP contribution in [-0.4, -0.2) is 124 Å². The quantitative estimate of drug-likeness (QED) is 0.0236. The maximum Gasteiger partial charge on any atom is 0.326 e. The number of carbonyl (C=O) groups is 8. The Kier molecular flexibility index (Phi) is 22.8. The fourth-order valence-corrected chi connectivity index (χ4v) is 5.06. The van der Waals surface area contributed by atoms with E-state index in [2.05, 4.69) is 36.9 Å². The van der Waals surface area contributed by atoms with Gasteiger partial charge in [0.25, 0.3) is 0 Å². The monoisotopic (exact) mass is 786 g/mol. The molecule has 0 heterocycles. The van der Waals surface area contributed by atoms with E-state index in [1.165, 1.54) is 6.92 Å². The summed E-state index contributed by atoms with van der Waals surface area (Å²) in [6, 6.07) is -8.12. The summed E-state index contributed by atoms with van der Waals surface area (Å²) >= 11 is 0. The van der Waals surface area contributed by atoms with Crippen molar-refractivity contribution >= 4 is 53.3 Å². The maximum absolute atomic E-state index is 13.8. The smallest absolute Gasteiger partial charge is 0.326 e. The minimum absolute atomic E-state index is 0.0288. The Morgan fingerprint density at radius 1 is 0.673 bits per heavy atom. The maximum atomic E-state index is 13.8. The Balaban J connectivity index is 6.32. The van der Waals surface area contributed by atoms with E-state index in [0.29, 0.717) is 6.42 Å². The normalized spacial score (nSPS) is 15.5. The highest BCUT2D eigenvalue weighted by Gasteiger charge is 2.35. The number of nitrogens with two attached hydrogens (primary N) is 3. The van der Waals surface area contributed by atoms with E-state index < -0.39 is 109 Å². The number of hydrogen-bond donors (Lipinski definition) is 12. The summed E-state index contributed by atoms with van der Waals surface area (Å²) in [6.45, 7) is 11.2. The lowest BCUT2D eigenvalue weighted by Gasteiger charge is -2.29. The van der Waals surface area contributed by atoms with E-state index in [9.17, 15) is 53.7 Å². The van der Waals surface area contributed by atoms with Gasteiger partial charge in [-0.2, -0.15) is 0 Å². The van der Waals surface area contributed by atoms with Gasteiger partial charge in [-0.3, -0.25) is 38.6 Å². The summed E-state index contributed by atoms with van der Waals surface area (Å²) in [6.07, 6.45) is -1.47. The van der Waals surface area contributed by atoms with E-state index >= 15 is 0 Å². The van der Waals surface area contributed by atoms with Crippen molar-refractivity contribution in [3.8, 4) is 0 Å². The van der Waals surface area contributed by atoms with E-state index in [1.807, 2.05) is 13.8 Å². The number of aliphatic carboxylic acids is 2. The van der Waals surface area contributed by atoms with Gasteiger partial charge in [0.2, 0.25) is 35.4 Å². The summed E-state index contributed by atoms with van der Waals surface area (Å²) in [5, 5.41) is 43.1. The Morgan fingerprint density at radius 3 is 1.67 bits per heavy atom. The largest absolute Gasteiger partial charge is 0.481 e. The average Bonchev–Trinajstić information content (AvgIpc) is 3.07. The number of rotatable bonds is 26. The van der Waals surface area contributed by atoms with Gasteiger partial charge < -0.3 is 64.4 Å². The molecule has 0 fully saturated rings. The predicted octanol–water partition coefficient (Wildman–Crippen LogP) is -3.01. The van der Waals surface area contributed by atoms with Crippen LogP contribution in [0.5, 0.6) is 0 Å². The molecule has 0 aromatic heterocycles. The molecule has 0 radical (unpaired) electrons. The fourth-order valence-electron chi connectivity index (χ4n) is 5.06. The van der Waals surface area contributed by atoms with Crippen LogP contribution in [-0.2, 0) is 38.4 Å². The molecule has 21 nitrogen and oxygen atoms in total. The van der Waals surface area contributed by atoms with Crippen LogP contribution in [0.3, 0.4) is 0 Å². The van der Waals surface area contributed by atoms with Crippen LogP contribution in [0.15, 0.2) is 4.99 Å². The van der Waals surface area contributed by atoms with Crippen molar-refractivity contribution < 1.29 is 53.7 Å². The zero-order valence-corrected chi connectivity index (χ0v) is 32.7. The molecule has 0 aliphatic rings. The molecule has 0 aliphatic carbocycles. The molecule has 15 N–H and O–H groups in total. The van der Waals surface area contributed by atoms with Gasteiger partial charge in [0.15, 0.2) is 5.96 Å². The van der Waals surface area contributed by atoms with Gasteiger partial charge in [-0.1, -0.05) is 48.0 Å². The van der Waals surface area contributed by atoms with Crippen LogP contribution in [0.4, 0.5) is 0 Å². The molecular formula is C34H62N10O11. The van der Waals surface area contributed by atoms with Crippen LogP contribution in [0.25, 0.3) is 0 Å². The number of aliphatic hydroxyl groups is 1. The van der Waals surface area contributed by atoms with Crippen LogP contribution >= 0.6 is 0 Å². The number of nitrogens with zero attached hydrogens (tertiary/aromatic N) is 1. The van der Waals surface area contributed by atoms with Gasteiger partial charge in [0.05, 0.1) is 19.1 Å². The van der Waals surface area contributed by atoms with Gasteiger partial charge in [-0.05, 0) is 50.4 Å². The number of carboxylic acid groups (broad SMARTS) is 2. The van der Waals surface area contributed by atoms with E-state index in [1.54, 1.807) is 27.7 Å². The molecule has 55 heavy (non-hydrogen) atoms. The van der Waals surface area contributed by atoms with Crippen molar-refractivity contribution in [2.45, 2.75) is 129 Å². The standard InChI is InChI=1S/C34H62N10O11/c1-8-18(6)27(32(53)42-21(12-16(2)3)29(50)43-23(33(54)55)13-17(4)5)44-28(49)20(10-9-11-38-34(36)37)41-30(51)22(14-25(47)48)40-24(46)15-39-31(52)26(35)19(7)45/h16-23,26-27,45H,8-15,35H2,1-7H3,(H,39,52)(H,40,46)(H,41,51)(H,42,53)(H,43,50)(H,44,49)(H,47,48)(H,54,55)(H4,36,37,38)/t18-,19+,20-,21-,22-,23-,26-,27-/m0/s1. The highest BCUT2D eigenvalue weighted by molar-refractivity contribution is 5.97. The molecule has 0 saturated heterocycles. The van der Waals surface area contributed by atoms with Gasteiger partial charge in [0, 0.05) is 6.54 Å². The number of aliphatic imine (C=N–C) groups is 1. The Hall–Kier alpha value is -5.05. The molecule has 314 valence electrons. The van der Waals surface area contributed by atoms with Crippen molar-refractivity contribution in [2.24, 2.45) is 39.9 Å². The zero-order chi connectivity index (χ0) is 42.6. The summed E-state index contributed by atoms with van der Waals surface area (Å²) in [5.74, 6) is -8.91. The van der Waals surface area contributed by atoms with E-state index in [-0.39, 0.29) is 50.0 Å². The number of carboxylic acids is 2. The summed E-state index contributed by atoms with van der Waals surface area (Å²) in [7, 11) is 0. The van der Waals surface area contributed by atoms with Gasteiger partial charge in [-0.25, -0.2) is 4.79 Å². The van der Waals surface area contributed by atoms with Gasteiger partial charge in [-0.15, -0.1) is 0 Å². The molecule has 0 saturated carbocycles. The molecule has 0 aliphatic heterocycles. The van der Waals surface area contributed by atoms with Gasteiger partial charge in [0.1, 0.15) is 36.3 Å². The third-order valence-corrected chi connectivity index (χ3v) is 8.31. The number of aliphatic hydroxyl groups excluding tert-OH is 1. The van der Waals surface area contributed by atoms with Crippen LogP contribution in [0.2, 0.25) is 0 Å². The second kappa shape index (κ2) is 25.1. The molecule has 0 unspecified atom stereocenters. The molecule has 8 atom stereocenters. The molecular weight excluding hydrogens is 724 g/mol. The minimum atomic E-state index is -1.73. The Bertz CT molecular complexity index is 1350. The van der Waals surface area contributed by atoms with Crippen molar-refractivity contribution in [1.29, 1.82) is 0 Å². The highest BCUT2D eigenvalue weighted by Crippen LogP contribution is 2.13. The highest BCUT2D eigenvalue weighted by atomic mass is 16.4. The van der Waals surface area contributed by atoms with Crippen molar-refractivity contribution in [3.63, 3.8) is 0 Å². The predicted molar refractivity (Wildman–Crippen MR) is 200 cm³/mol. The van der Waals surface area contributed by atoms with Crippen molar-refractivity contribution in [3.05, 3.63) is 0 Å². The number of nitrogens with one attached hydrogen (secondary N) is 6. The lowest BCUT2D eigenvalue weighted by molar-refractivity contribution is -0.143.